The summed E-state index contributed by atoms with van der Waals surface area (Å²) < 4.78 is 2.76. The van der Waals surface area contributed by atoms with E-state index >= 15 is 0 Å². The number of aromatic nitrogens is 3. The number of nitrogens with one attached hydrogen (secondary N) is 2. The van der Waals surface area contributed by atoms with E-state index in [0.29, 0.717) is 11.5 Å². The van der Waals surface area contributed by atoms with Gasteiger partial charge in [0.15, 0.2) is 0 Å². The van der Waals surface area contributed by atoms with Crippen molar-refractivity contribution in [2.24, 2.45) is 0 Å². The minimum Gasteiger partial charge on any atom is -0.343 e. The lowest BCUT2D eigenvalue weighted by Crippen LogP contribution is -2.16. The van der Waals surface area contributed by atoms with Crippen molar-refractivity contribution in [1.29, 1.82) is 0 Å². The van der Waals surface area contributed by atoms with Crippen LogP contribution < -0.4 is 5.32 Å². The Labute approximate surface area is 101 Å². The number of aromatic amines is 1. The number of H-pyrrole nitrogens is 1. The van der Waals surface area contributed by atoms with Crippen molar-refractivity contribution in [3.05, 3.63) is 34.7 Å². The second kappa shape index (κ2) is 4.52. The van der Waals surface area contributed by atoms with Gasteiger partial charge in [-0.25, -0.2) is 0 Å². The highest BCUT2D eigenvalue weighted by Crippen LogP contribution is 2.16. The molecule has 2 aromatic heterocycles. The van der Waals surface area contributed by atoms with Gasteiger partial charge in [-0.3, -0.25) is 9.89 Å². The third-order valence-corrected chi connectivity index (χ3v) is 2.62. The number of hydrogen-bond acceptors (Lipinski definition) is 2. The first-order valence-corrected chi connectivity index (χ1v) is 5.66. The molecule has 6 heteroatoms. The van der Waals surface area contributed by atoms with E-state index in [2.05, 4.69) is 31.4 Å². The summed E-state index contributed by atoms with van der Waals surface area (Å²) in [7, 11) is 0. The van der Waals surface area contributed by atoms with Crippen LogP contribution in [0.5, 0.6) is 0 Å². The van der Waals surface area contributed by atoms with Gasteiger partial charge in [0.2, 0.25) is 0 Å². The van der Waals surface area contributed by atoms with E-state index in [9.17, 15) is 4.79 Å². The summed E-state index contributed by atoms with van der Waals surface area (Å²) in [6.07, 6.45) is 3.46. The molecular weight excluding hydrogens is 272 g/mol. The number of rotatable bonds is 3. The number of carbonyl (C=O) groups is 1. The molecule has 0 aliphatic heterocycles. The molecule has 1 amide bonds. The summed E-state index contributed by atoms with van der Waals surface area (Å²) in [6.45, 7) is 2.73. The van der Waals surface area contributed by atoms with Gasteiger partial charge in [-0.2, -0.15) is 5.10 Å². The van der Waals surface area contributed by atoms with Crippen molar-refractivity contribution in [3.63, 3.8) is 0 Å². The van der Waals surface area contributed by atoms with Gasteiger partial charge in [-0.1, -0.05) is 0 Å². The van der Waals surface area contributed by atoms with Crippen molar-refractivity contribution in [2.75, 3.05) is 5.32 Å². The van der Waals surface area contributed by atoms with Crippen LogP contribution in [-0.4, -0.2) is 20.7 Å². The molecule has 0 bridgehead atoms. The molecule has 2 rings (SSSR count). The number of carbonyl (C=O) groups excluding carboxylic acids is 1. The molecule has 0 spiro atoms. The number of anilines is 1. The number of nitrogens with zero attached hydrogens (tertiary/aromatic N) is 2. The van der Waals surface area contributed by atoms with Crippen LogP contribution in [0.15, 0.2) is 29.0 Å². The quantitative estimate of drug-likeness (QED) is 0.907. The zero-order valence-electron chi connectivity index (χ0n) is 8.70. The van der Waals surface area contributed by atoms with Crippen LogP contribution >= 0.6 is 15.9 Å². The van der Waals surface area contributed by atoms with Crippen LogP contribution in [0.3, 0.4) is 0 Å². The molecule has 2 aromatic rings. The predicted octanol–water partition coefficient (Wildman–Crippen LogP) is 2.25. The molecular formula is C10H11BrN4O. The molecule has 2 N–H and O–H groups in total. The Bertz CT molecular complexity index is 489. The van der Waals surface area contributed by atoms with Gasteiger partial charge in [0.1, 0.15) is 11.5 Å². The molecule has 0 saturated heterocycles. The Morgan fingerprint density at radius 2 is 2.50 bits per heavy atom. The molecule has 0 aliphatic carbocycles. The maximum atomic E-state index is 11.9. The highest BCUT2D eigenvalue weighted by molar-refractivity contribution is 9.10. The second-order valence-corrected chi connectivity index (χ2v) is 4.17. The van der Waals surface area contributed by atoms with Gasteiger partial charge in [0.05, 0.1) is 6.20 Å². The third-order valence-electron chi connectivity index (χ3n) is 2.19. The molecule has 0 fully saturated rings. The van der Waals surface area contributed by atoms with E-state index in [-0.39, 0.29) is 5.91 Å². The average molecular weight is 283 g/mol. The highest BCUT2D eigenvalue weighted by atomic mass is 79.9. The summed E-state index contributed by atoms with van der Waals surface area (Å²) in [6, 6.07) is 3.49. The molecule has 84 valence electrons. The Morgan fingerprint density at radius 1 is 1.69 bits per heavy atom. The first kappa shape index (κ1) is 10.9. The topological polar surface area (TPSA) is 62.7 Å². The van der Waals surface area contributed by atoms with Crippen LogP contribution in [-0.2, 0) is 6.54 Å². The van der Waals surface area contributed by atoms with E-state index in [1.165, 1.54) is 0 Å². The number of amides is 1. The Kier molecular flexibility index (Phi) is 3.09. The number of hydrogen-bond donors (Lipinski definition) is 2. The lowest BCUT2D eigenvalue weighted by atomic mass is 10.4. The Balaban J connectivity index is 2.20. The fraction of sp³-hybridized carbons (Fsp3) is 0.200. The smallest absolute Gasteiger partial charge is 0.273 e. The monoisotopic (exact) mass is 282 g/mol. The van der Waals surface area contributed by atoms with Gasteiger partial charge in [0, 0.05) is 23.3 Å². The molecule has 0 unspecified atom stereocenters. The summed E-state index contributed by atoms with van der Waals surface area (Å²) >= 11 is 3.35. The first-order chi connectivity index (χ1) is 7.70. The van der Waals surface area contributed by atoms with E-state index < -0.39 is 0 Å². The molecule has 0 radical (unpaired) electrons. The normalized spacial score (nSPS) is 10.4. The summed E-state index contributed by atoms with van der Waals surface area (Å²) in [5.41, 5.74) is 0.615. The molecule has 0 aromatic carbocycles. The zero-order chi connectivity index (χ0) is 11.5. The average Bonchev–Trinajstić information content (AvgIpc) is 2.86. The van der Waals surface area contributed by atoms with Gasteiger partial charge < -0.3 is 9.88 Å². The lowest BCUT2D eigenvalue weighted by Gasteiger charge is -2.05. The number of aryl methyl sites for hydroxylation is 1. The van der Waals surface area contributed by atoms with E-state index in [4.69, 9.17) is 0 Å². The van der Waals surface area contributed by atoms with Gasteiger partial charge >= 0.3 is 0 Å². The van der Waals surface area contributed by atoms with Gasteiger partial charge in [0.25, 0.3) is 5.91 Å². The SMILES string of the molecule is CCn1cc(Br)cc1C(=O)Nc1ccn[nH]1. The van der Waals surface area contributed by atoms with Crippen molar-refractivity contribution in [1.82, 2.24) is 14.8 Å². The standard InChI is InChI=1S/C10H11BrN4O/c1-2-15-6-7(11)5-8(15)10(16)13-9-3-4-12-14-9/h3-6H,2H2,1H3,(H2,12,13,14,16). The van der Waals surface area contributed by atoms with E-state index in [1.54, 1.807) is 18.3 Å². The molecule has 16 heavy (non-hydrogen) atoms. The van der Waals surface area contributed by atoms with Gasteiger partial charge in [-0.15, -0.1) is 0 Å². The van der Waals surface area contributed by atoms with Crippen molar-refractivity contribution >= 4 is 27.7 Å². The second-order valence-electron chi connectivity index (χ2n) is 3.25. The summed E-state index contributed by atoms with van der Waals surface area (Å²) in [4.78, 5) is 11.9. The zero-order valence-corrected chi connectivity index (χ0v) is 10.3. The fourth-order valence-corrected chi connectivity index (χ4v) is 1.90. The van der Waals surface area contributed by atoms with Crippen molar-refractivity contribution < 1.29 is 4.79 Å². The van der Waals surface area contributed by atoms with Crippen LogP contribution in [0.1, 0.15) is 17.4 Å². The largest absolute Gasteiger partial charge is 0.343 e. The molecule has 2 heterocycles. The number of halogens is 1. The predicted molar refractivity (Wildman–Crippen MR) is 64.3 cm³/mol. The van der Waals surface area contributed by atoms with Crippen LogP contribution in [0.25, 0.3) is 0 Å². The Hall–Kier alpha value is -1.56. The van der Waals surface area contributed by atoms with Crippen LogP contribution in [0, 0.1) is 0 Å². The van der Waals surface area contributed by atoms with Crippen molar-refractivity contribution in [2.45, 2.75) is 13.5 Å². The third kappa shape index (κ3) is 2.16. The Morgan fingerprint density at radius 3 is 3.12 bits per heavy atom. The van der Waals surface area contributed by atoms with Crippen molar-refractivity contribution in [3.8, 4) is 0 Å². The van der Waals surface area contributed by atoms with Crippen LogP contribution in [0.4, 0.5) is 5.82 Å². The molecule has 0 aliphatic rings. The molecule has 0 saturated carbocycles. The highest BCUT2D eigenvalue weighted by Gasteiger charge is 2.12. The molecule has 5 nitrogen and oxygen atoms in total. The summed E-state index contributed by atoms with van der Waals surface area (Å²) in [5, 5.41) is 9.17. The molecule has 0 atom stereocenters. The lowest BCUT2D eigenvalue weighted by molar-refractivity contribution is 0.101. The maximum absolute atomic E-state index is 11.9. The van der Waals surface area contributed by atoms with Crippen LogP contribution in [0.2, 0.25) is 0 Å². The maximum Gasteiger partial charge on any atom is 0.273 e. The first-order valence-electron chi connectivity index (χ1n) is 4.87. The minimum atomic E-state index is -0.156. The van der Waals surface area contributed by atoms with Gasteiger partial charge in [-0.05, 0) is 28.9 Å². The fourth-order valence-electron chi connectivity index (χ4n) is 1.44. The minimum absolute atomic E-state index is 0.156. The summed E-state index contributed by atoms with van der Waals surface area (Å²) in [5.74, 6) is 0.432. The van der Waals surface area contributed by atoms with E-state index in [1.807, 2.05) is 17.7 Å². The van der Waals surface area contributed by atoms with E-state index in [0.717, 1.165) is 11.0 Å².